The molecule has 1 aromatic heterocycles. The van der Waals surface area contributed by atoms with Crippen LogP contribution in [-0.4, -0.2) is 34.9 Å². The Bertz CT molecular complexity index is 427. The Balaban J connectivity index is 0.00000324. The molecule has 6 heteroatoms. The molecule has 0 amide bonds. The van der Waals surface area contributed by atoms with E-state index in [1.807, 2.05) is 26.8 Å². The molecule has 0 aliphatic carbocycles. The van der Waals surface area contributed by atoms with Gasteiger partial charge in [-0.2, -0.15) is 5.26 Å². The summed E-state index contributed by atoms with van der Waals surface area (Å²) in [7, 11) is 0. The number of nitrogens with one attached hydrogen (secondary N) is 1. The highest BCUT2D eigenvalue weighted by atomic mass is 35.5. The third-order valence-corrected chi connectivity index (χ3v) is 2.17. The number of rotatable bonds is 5. The van der Waals surface area contributed by atoms with Gasteiger partial charge < -0.3 is 15.2 Å². The van der Waals surface area contributed by atoms with Gasteiger partial charge in [0.2, 0.25) is 5.88 Å². The van der Waals surface area contributed by atoms with E-state index in [9.17, 15) is 5.11 Å². The zero-order chi connectivity index (χ0) is 13.6. The highest BCUT2D eigenvalue weighted by Gasteiger charge is 2.13. The molecule has 0 bridgehead atoms. The van der Waals surface area contributed by atoms with Crippen LogP contribution in [0.15, 0.2) is 18.3 Å². The van der Waals surface area contributed by atoms with Gasteiger partial charge in [0, 0.05) is 18.3 Å². The van der Waals surface area contributed by atoms with Crippen molar-refractivity contribution in [1.82, 2.24) is 10.3 Å². The van der Waals surface area contributed by atoms with Crippen molar-refractivity contribution in [1.29, 1.82) is 5.26 Å². The van der Waals surface area contributed by atoms with E-state index in [0.717, 1.165) is 0 Å². The number of aliphatic hydroxyl groups is 1. The van der Waals surface area contributed by atoms with Crippen molar-refractivity contribution >= 4 is 12.4 Å². The summed E-state index contributed by atoms with van der Waals surface area (Å²) in [6, 6.07) is 5.29. The molecular formula is C13H20ClN3O2. The van der Waals surface area contributed by atoms with Gasteiger partial charge in [-0.15, -0.1) is 12.4 Å². The van der Waals surface area contributed by atoms with Crippen molar-refractivity contribution in [2.24, 2.45) is 0 Å². The predicted molar refractivity (Wildman–Crippen MR) is 75.5 cm³/mol. The van der Waals surface area contributed by atoms with E-state index < -0.39 is 6.10 Å². The van der Waals surface area contributed by atoms with Crippen LogP contribution in [0.3, 0.4) is 0 Å². The maximum atomic E-state index is 9.74. The molecular weight excluding hydrogens is 266 g/mol. The van der Waals surface area contributed by atoms with E-state index in [1.54, 1.807) is 18.3 Å². The Kier molecular flexibility index (Phi) is 7.38. The second-order valence-corrected chi connectivity index (χ2v) is 5.06. The molecule has 0 aliphatic rings. The monoisotopic (exact) mass is 285 g/mol. The first kappa shape index (κ1) is 17.6. The first-order valence-electron chi connectivity index (χ1n) is 5.83. The lowest BCUT2D eigenvalue weighted by Gasteiger charge is -2.22. The van der Waals surface area contributed by atoms with E-state index >= 15 is 0 Å². The number of nitriles is 1. The molecule has 1 aromatic rings. The maximum absolute atomic E-state index is 9.74. The van der Waals surface area contributed by atoms with Gasteiger partial charge in [-0.25, -0.2) is 4.98 Å². The first-order chi connectivity index (χ1) is 8.42. The maximum Gasteiger partial charge on any atom is 0.231 e. The van der Waals surface area contributed by atoms with Gasteiger partial charge in [-0.1, -0.05) is 0 Å². The number of ether oxygens (including phenoxy) is 1. The van der Waals surface area contributed by atoms with Gasteiger partial charge >= 0.3 is 0 Å². The van der Waals surface area contributed by atoms with Crippen LogP contribution in [0.4, 0.5) is 0 Å². The molecule has 0 aliphatic heterocycles. The highest BCUT2D eigenvalue weighted by molar-refractivity contribution is 5.85. The second kappa shape index (κ2) is 7.95. The molecule has 0 saturated carbocycles. The van der Waals surface area contributed by atoms with Crippen LogP contribution in [0.25, 0.3) is 0 Å². The largest absolute Gasteiger partial charge is 0.474 e. The molecule has 0 fully saturated rings. The third-order valence-electron chi connectivity index (χ3n) is 2.17. The summed E-state index contributed by atoms with van der Waals surface area (Å²) < 4.78 is 5.33. The van der Waals surface area contributed by atoms with Crippen molar-refractivity contribution in [2.75, 3.05) is 13.2 Å². The summed E-state index contributed by atoms with van der Waals surface area (Å²) in [6.07, 6.45) is 0.911. The van der Waals surface area contributed by atoms with Crippen LogP contribution in [0.2, 0.25) is 0 Å². The zero-order valence-electron chi connectivity index (χ0n) is 11.4. The van der Waals surface area contributed by atoms with Crippen molar-refractivity contribution in [3.05, 3.63) is 23.9 Å². The molecule has 0 radical (unpaired) electrons. The lowest BCUT2D eigenvalue weighted by atomic mass is 10.1. The molecule has 106 valence electrons. The molecule has 2 N–H and O–H groups in total. The lowest BCUT2D eigenvalue weighted by molar-refractivity contribution is 0.0976. The molecule has 0 saturated heterocycles. The summed E-state index contributed by atoms with van der Waals surface area (Å²) >= 11 is 0. The van der Waals surface area contributed by atoms with E-state index in [1.165, 1.54) is 0 Å². The molecule has 1 rings (SSSR count). The topological polar surface area (TPSA) is 78.2 Å². The van der Waals surface area contributed by atoms with Crippen molar-refractivity contribution in [3.8, 4) is 11.9 Å². The van der Waals surface area contributed by atoms with Crippen LogP contribution in [0, 0.1) is 11.3 Å². The predicted octanol–water partition coefficient (Wildman–Crippen LogP) is 1.50. The summed E-state index contributed by atoms with van der Waals surface area (Å²) in [5, 5.41) is 21.8. The molecule has 1 heterocycles. The van der Waals surface area contributed by atoms with Gasteiger partial charge in [0.05, 0.1) is 0 Å². The summed E-state index contributed by atoms with van der Waals surface area (Å²) in [6.45, 7) is 6.60. The molecule has 1 atom stereocenters. The summed E-state index contributed by atoms with van der Waals surface area (Å²) in [5.41, 5.74) is 0.317. The van der Waals surface area contributed by atoms with Crippen LogP contribution in [0.5, 0.6) is 5.88 Å². The van der Waals surface area contributed by atoms with Crippen molar-refractivity contribution < 1.29 is 9.84 Å². The number of aromatic nitrogens is 1. The number of halogens is 1. The molecule has 1 unspecified atom stereocenters. The van der Waals surface area contributed by atoms with Gasteiger partial charge in [-0.05, 0) is 32.9 Å². The minimum Gasteiger partial charge on any atom is -0.474 e. The fourth-order valence-corrected chi connectivity index (χ4v) is 1.25. The minimum atomic E-state index is -0.641. The number of aliphatic hydroxyl groups excluding tert-OH is 1. The molecule has 19 heavy (non-hydrogen) atoms. The summed E-state index contributed by atoms with van der Waals surface area (Å²) in [5.74, 6) is 0.259. The Morgan fingerprint density at radius 3 is 2.79 bits per heavy atom. The Morgan fingerprint density at radius 2 is 2.21 bits per heavy atom. The SMILES string of the molecule is CC(C)(C)NCC(O)COc1ncccc1C#N.Cl. The Hall–Kier alpha value is -1.35. The van der Waals surface area contributed by atoms with Crippen molar-refractivity contribution in [3.63, 3.8) is 0 Å². The average molecular weight is 286 g/mol. The van der Waals surface area contributed by atoms with Crippen molar-refractivity contribution in [2.45, 2.75) is 32.4 Å². The van der Waals surface area contributed by atoms with E-state index in [2.05, 4.69) is 10.3 Å². The first-order valence-corrected chi connectivity index (χ1v) is 5.83. The quantitative estimate of drug-likeness (QED) is 0.857. The molecule has 5 nitrogen and oxygen atoms in total. The number of β-amino-alcohol motifs (C(OH)–C–C–N with tert-alkyl or cyclic N) is 1. The van der Waals surface area contributed by atoms with Gasteiger partial charge in [-0.3, -0.25) is 0 Å². The minimum absolute atomic E-state index is 0. The molecule has 0 aromatic carbocycles. The van der Waals surface area contributed by atoms with Gasteiger partial charge in [0.15, 0.2) is 0 Å². The van der Waals surface area contributed by atoms with Crippen LogP contribution in [0.1, 0.15) is 26.3 Å². The average Bonchev–Trinajstić information content (AvgIpc) is 2.33. The fourth-order valence-electron chi connectivity index (χ4n) is 1.25. The van der Waals surface area contributed by atoms with E-state index in [-0.39, 0.29) is 30.4 Å². The standard InChI is InChI=1S/C13H19N3O2.ClH/c1-13(2,3)16-8-11(17)9-18-12-10(7-14)5-4-6-15-12;/h4-6,11,16-17H,8-9H2,1-3H3;1H. The van der Waals surface area contributed by atoms with E-state index in [0.29, 0.717) is 12.1 Å². The Labute approximate surface area is 120 Å². The van der Waals surface area contributed by atoms with Crippen LogP contribution in [-0.2, 0) is 0 Å². The Morgan fingerprint density at radius 1 is 1.53 bits per heavy atom. The highest BCUT2D eigenvalue weighted by Crippen LogP contribution is 2.12. The zero-order valence-corrected chi connectivity index (χ0v) is 12.2. The van der Waals surface area contributed by atoms with Crippen LogP contribution < -0.4 is 10.1 Å². The molecule has 0 spiro atoms. The lowest BCUT2D eigenvalue weighted by Crippen LogP contribution is -2.42. The number of pyridine rings is 1. The summed E-state index contributed by atoms with van der Waals surface area (Å²) in [4.78, 5) is 3.95. The number of hydrogen-bond acceptors (Lipinski definition) is 5. The number of hydrogen-bond donors (Lipinski definition) is 2. The third kappa shape index (κ3) is 6.97. The number of nitrogens with zero attached hydrogens (tertiary/aromatic N) is 2. The second-order valence-electron chi connectivity index (χ2n) is 5.06. The fraction of sp³-hybridized carbons (Fsp3) is 0.538. The smallest absolute Gasteiger partial charge is 0.231 e. The van der Waals surface area contributed by atoms with E-state index in [4.69, 9.17) is 10.00 Å². The normalized spacial score (nSPS) is 12.2. The van der Waals surface area contributed by atoms with Crippen LogP contribution >= 0.6 is 12.4 Å². The van der Waals surface area contributed by atoms with Gasteiger partial charge in [0.25, 0.3) is 0 Å². The van der Waals surface area contributed by atoms with Gasteiger partial charge in [0.1, 0.15) is 24.3 Å².